The van der Waals surface area contributed by atoms with Gasteiger partial charge in [-0.2, -0.15) is 0 Å². The minimum absolute atomic E-state index is 0.113. The van der Waals surface area contributed by atoms with E-state index >= 15 is 0 Å². The van der Waals surface area contributed by atoms with Crippen molar-refractivity contribution < 1.29 is 19.1 Å². The minimum Gasteiger partial charge on any atom is -0.493 e. The smallest absolute Gasteiger partial charge is 0.314 e. The Balaban J connectivity index is 2.44. The summed E-state index contributed by atoms with van der Waals surface area (Å²) in [7, 11) is 2.78. The molecular weight excluding hydrogens is 262 g/mol. The molecule has 0 aliphatic rings. The summed E-state index contributed by atoms with van der Waals surface area (Å²) in [4.78, 5) is 10.4. The van der Waals surface area contributed by atoms with E-state index in [1.54, 1.807) is 12.1 Å². The number of nitro groups is 1. The zero-order chi connectivity index (χ0) is 14.5. The first-order chi connectivity index (χ1) is 9.65. The van der Waals surface area contributed by atoms with Gasteiger partial charge in [-0.25, -0.2) is 0 Å². The second-order valence-electron chi connectivity index (χ2n) is 3.85. The molecule has 2 aromatic rings. The highest BCUT2D eigenvalue weighted by atomic mass is 16.6. The Morgan fingerprint density at radius 1 is 0.950 bits per heavy atom. The quantitative estimate of drug-likeness (QED) is 0.617. The number of ether oxygens (including phenoxy) is 3. The van der Waals surface area contributed by atoms with Gasteiger partial charge in [0.15, 0.2) is 11.5 Å². The van der Waals surface area contributed by atoms with Gasteiger partial charge in [0, 0.05) is 6.07 Å². The maximum Gasteiger partial charge on any atom is 0.314 e. The number of para-hydroxylation sites is 1. The molecule has 2 rings (SSSR count). The third-order valence-electron chi connectivity index (χ3n) is 2.63. The normalized spacial score (nSPS) is 9.90. The average Bonchev–Trinajstić information content (AvgIpc) is 2.47. The predicted molar refractivity (Wildman–Crippen MR) is 72.7 cm³/mol. The minimum atomic E-state index is -0.534. The molecule has 6 nitrogen and oxygen atoms in total. The van der Waals surface area contributed by atoms with Crippen molar-refractivity contribution in [3.05, 3.63) is 52.6 Å². The summed E-state index contributed by atoms with van der Waals surface area (Å²) in [6.07, 6.45) is 0. The Hall–Kier alpha value is -2.76. The van der Waals surface area contributed by atoms with Crippen molar-refractivity contribution in [2.75, 3.05) is 14.2 Å². The summed E-state index contributed by atoms with van der Waals surface area (Å²) in [5.74, 6) is 1.32. The number of nitrogens with zero attached hydrogens (tertiary/aromatic N) is 1. The second-order valence-corrected chi connectivity index (χ2v) is 3.85. The topological polar surface area (TPSA) is 70.8 Å². The van der Waals surface area contributed by atoms with Crippen LogP contribution < -0.4 is 14.2 Å². The van der Waals surface area contributed by atoms with Crippen molar-refractivity contribution in [3.8, 4) is 23.0 Å². The molecule has 0 aliphatic carbocycles. The molecule has 0 fully saturated rings. The molecule has 0 aliphatic heterocycles. The molecule has 0 N–H and O–H groups in total. The zero-order valence-corrected chi connectivity index (χ0v) is 11.0. The van der Waals surface area contributed by atoms with Crippen molar-refractivity contribution in [1.29, 1.82) is 0 Å². The number of hydrogen-bond donors (Lipinski definition) is 0. The highest BCUT2D eigenvalue weighted by Crippen LogP contribution is 2.40. The molecule has 6 heteroatoms. The van der Waals surface area contributed by atoms with Crippen LogP contribution in [-0.2, 0) is 0 Å². The van der Waals surface area contributed by atoms with Crippen LogP contribution in [0.3, 0.4) is 0 Å². The van der Waals surface area contributed by atoms with Crippen molar-refractivity contribution in [2.24, 2.45) is 0 Å². The van der Waals surface area contributed by atoms with Crippen LogP contribution in [0.1, 0.15) is 0 Å². The van der Waals surface area contributed by atoms with E-state index in [2.05, 4.69) is 0 Å². The molecule has 0 amide bonds. The average molecular weight is 275 g/mol. The highest BCUT2D eigenvalue weighted by molar-refractivity contribution is 5.58. The molecule has 0 bridgehead atoms. The first-order valence-electron chi connectivity index (χ1n) is 5.79. The maximum atomic E-state index is 10.9. The molecule has 104 valence electrons. The lowest BCUT2D eigenvalue weighted by Crippen LogP contribution is -1.97. The third-order valence-corrected chi connectivity index (χ3v) is 2.63. The Labute approximate surface area is 115 Å². The number of nitro benzene ring substituents is 1. The van der Waals surface area contributed by atoms with Crippen LogP contribution in [-0.4, -0.2) is 19.1 Å². The number of methoxy groups -OCH3 is 2. The lowest BCUT2D eigenvalue weighted by molar-refractivity contribution is -0.385. The fraction of sp³-hybridized carbons (Fsp3) is 0.143. The van der Waals surface area contributed by atoms with Gasteiger partial charge in [-0.05, 0) is 12.1 Å². The van der Waals surface area contributed by atoms with Crippen molar-refractivity contribution in [2.45, 2.75) is 0 Å². The standard InChI is InChI=1S/C14H13NO5/c1-18-12-9-14(20-10-6-4-3-5-7-10)13(19-2)8-11(12)15(16)17/h3-9H,1-2H3. The number of hydrogen-bond acceptors (Lipinski definition) is 5. The van der Waals surface area contributed by atoms with Gasteiger partial charge in [0.05, 0.1) is 25.2 Å². The summed E-state index contributed by atoms with van der Waals surface area (Å²) in [6.45, 7) is 0. The monoisotopic (exact) mass is 275 g/mol. The molecule has 0 atom stereocenters. The molecule has 20 heavy (non-hydrogen) atoms. The van der Waals surface area contributed by atoms with E-state index in [1.165, 1.54) is 26.4 Å². The molecule has 0 saturated carbocycles. The Kier molecular flexibility index (Phi) is 4.05. The summed E-state index contributed by atoms with van der Waals surface area (Å²) < 4.78 is 15.8. The number of rotatable bonds is 5. The van der Waals surface area contributed by atoms with E-state index in [4.69, 9.17) is 14.2 Å². The number of benzene rings is 2. The first-order valence-corrected chi connectivity index (χ1v) is 5.79. The SMILES string of the molecule is COc1cc([N+](=O)[O-])c(OC)cc1Oc1ccccc1. The van der Waals surface area contributed by atoms with E-state index < -0.39 is 4.92 Å². The molecule has 2 aromatic carbocycles. The Morgan fingerprint density at radius 2 is 1.60 bits per heavy atom. The van der Waals surface area contributed by atoms with Crippen molar-refractivity contribution in [3.63, 3.8) is 0 Å². The highest BCUT2D eigenvalue weighted by Gasteiger charge is 2.20. The van der Waals surface area contributed by atoms with Crippen molar-refractivity contribution >= 4 is 5.69 Å². The van der Waals surface area contributed by atoms with Gasteiger partial charge in [-0.3, -0.25) is 10.1 Å². The van der Waals surface area contributed by atoms with Gasteiger partial charge < -0.3 is 14.2 Å². The van der Waals surface area contributed by atoms with Crippen LogP contribution in [0.4, 0.5) is 5.69 Å². The van der Waals surface area contributed by atoms with E-state index in [-0.39, 0.29) is 17.2 Å². The van der Waals surface area contributed by atoms with Gasteiger partial charge in [-0.1, -0.05) is 18.2 Å². The molecule has 0 radical (unpaired) electrons. The van der Waals surface area contributed by atoms with Crippen molar-refractivity contribution in [1.82, 2.24) is 0 Å². The van der Waals surface area contributed by atoms with Crippen LogP contribution in [0.15, 0.2) is 42.5 Å². The van der Waals surface area contributed by atoms with Crippen LogP contribution in [0, 0.1) is 10.1 Å². The lowest BCUT2D eigenvalue weighted by Gasteiger charge is -2.12. The van der Waals surface area contributed by atoms with E-state index in [1.807, 2.05) is 18.2 Å². The van der Waals surface area contributed by atoms with E-state index in [9.17, 15) is 10.1 Å². The van der Waals surface area contributed by atoms with Gasteiger partial charge >= 0.3 is 5.69 Å². The lowest BCUT2D eigenvalue weighted by atomic mass is 10.2. The molecule has 0 spiro atoms. The first kappa shape index (κ1) is 13.7. The Morgan fingerprint density at radius 3 is 2.15 bits per heavy atom. The van der Waals surface area contributed by atoms with Gasteiger partial charge in [0.1, 0.15) is 5.75 Å². The largest absolute Gasteiger partial charge is 0.493 e. The second kappa shape index (κ2) is 5.92. The van der Waals surface area contributed by atoms with Crippen LogP contribution in [0.2, 0.25) is 0 Å². The van der Waals surface area contributed by atoms with Gasteiger partial charge in [0.2, 0.25) is 5.75 Å². The predicted octanol–water partition coefficient (Wildman–Crippen LogP) is 3.40. The zero-order valence-electron chi connectivity index (χ0n) is 11.0. The fourth-order valence-corrected chi connectivity index (χ4v) is 1.69. The van der Waals surface area contributed by atoms with E-state index in [0.717, 1.165) is 0 Å². The van der Waals surface area contributed by atoms with E-state index in [0.29, 0.717) is 11.5 Å². The van der Waals surface area contributed by atoms with Gasteiger partial charge in [-0.15, -0.1) is 0 Å². The maximum absolute atomic E-state index is 10.9. The molecule has 0 saturated heterocycles. The molecule has 0 unspecified atom stereocenters. The summed E-state index contributed by atoms with van der Waals surface area (Å²) >= 11 is 0. The summed E-state index contributed by atoms with van der Waals surface area (Å²) in [5.41, 5.74) is -0.176. The van der Waals surface area contributed by atoms with Gasteiger partial charge in [0.25, 0.3) is 0 Å². The summed E-state index contributed by atoms with van der Waals surface area (Å²) in [5, 5.41) is 10.9. The van der Waals surface area contributed by atoms with Crippen LogP contribution in [0.5, 0.6) is 23.0 Å². The molecule has 0 heterocycles. The van der Waals surface area contributed by atoms with Crippen LogP contribution in [0.25, 0.3) is 0 Å². The molecule has 0 aromatic heterocycles. The third kappa shape index (κ3) is 2.80. The van der Waals surface area contributed by atoms with Crippen LogP contribution >= 0.6 is 0 Å². The fourth-order valence-electron chi connectivity index (χ4n) is 1.69. The summed E-state index contributed by atoms with van der Waals surface area (Å²) in [6, 6.07) is 11.8. The molecular formula is C14H13NO5. The Bertz CT molecular complexity index is 612.